The molecule has 4 rings (SSSR count). The van der Waals surface area contributed by atoms with Crippen LogP contribution in [0.15, 0.2) is 47.0 Å². The van der Waals surface area contributed by atoms with Gasteiger partial charge in [0.05, 0.1) is 5.02 Å². The second-order valence-corrected chi connectivity index (χ2v) is 8.93. The largest absolute Gasteiger partial charge is 0.507 e. The lowest BCUT2D eigenvalue weighted by atomic mass is 9.97. The third kappa shape index (κ3) is 4.02. The number of piperazine rings is 1. The molecule has 30 heavy (non-hydrogen) atoms. The van der Waals surface area contributed by atoms with Crippen molar-refractivity contribution in [3.05, 3.63) is 53.3 Å². The molecule has 0 saturated carbocycles. The van der Waals surface area contributed by atoms with Crippen LogP contribution >= 0.6 is 11.6 Å². The third-order valence-corrected chi connectivity index (χ3v) is 5.87. The van der Waals surface area contributed by atoms with Crippen molar-refractivity contribution in [3.8, 4) is 28.2 Å². The van der Waals surface area contributed by atoms with Crippen LogP contribution in [0.25, 0.3) is 22.5 Å². The van der Waals surface area contributed by atoms with Crippen LogP contribution < -0.4 is 4.90 Å². The molecule has 0 radical (unpaired) electrons. The summed E-state index contributed by atoms with van der Waals surface area (Å²) in [6, 6.07) is 11.0. The predicted octanol–water partition coefficient (Wildman–Crippen LogP) is 5.43. The van der Waals surface area contributed by atoms with E-state index in [1.54, 1.807) is 18.2 Å². The molecule has 1 aliphatic rings. The van der Waals surface area contributed by atoms with Gasteiger partial charge >= 0.3 is 0 Å². The standard InChI is InChI=1S/C23H25ClFN3O2/c1-23(2,3)28-11-9-27(10-12-28)21-14-20(30-26-21)22-16(5-4-6-18(22)24)17-13-15(25)7-8-19(17)29/h4-8,13-14,29H,9-12H2,1-3H3. The Kier molecular flexibility index (Phi) is 5.47. The van der Waals surface area contributed by atoms with Crippen molar-refractivity contribution < 1.29 is 14.0 Å². The summed E-state index contributed by atoms with van der Waals surface area (Å²) >= 11 is 6.49. The van der Waals surface area contributed by atoms with E-state index >= 15 is 0 Å². The Bertz CT molecular complexity index is 1050. The van der Waals surface area contributed by atoms with Crippen molar-refractivity contribution in [2.45, 2.75) is 26.3 Å². The van der Waals surface area contributed by atoms with Gasteiger partial charge in [0.1, 0.15) is 11.6 Å². The van der Waals surface area contributed by atoms with Gasteiger partial charge in [-0.05, 0) is 50.6 Å². The van der Waals surface area contributed by atoms with Crippen molar-refractivity contribution in [3.63, 3.8) is 0 Å². The number of phenolic OH excluding ortho intramolecular Hbond substituents is 1. The van der Waals surface area contributed by atoms with Gasteiger partial charge in [0.15, 0.2) is 11.6 Å². The van der Waals surface area contributed by atoms with E-state index in [0.29, 0.717) is 27.5 Å². The van der Waals surface area contributed by atoms with Crippen LogP contribution in [0.3, 0.4) is 0 Å². The number of phenols is 1. The molecular weight excluding hydrogens is 405 g/mol. The van der Waals surface area contributed by atoms with E-state index in [9.17, 15) is 9.50 Å². The molecular formula is C23H25ClFN3O2. The van der Waals surface area contributed by atoms with Gasteiger partial charge in [0.25, 0.3) is 0 Å². The number of aromatic hydroxyl groups is 1. The average molecular weight is 430 g/mol. The fourth-order valence-electron chi connectivity index (χ4n) is 3.86. The highest BCUT2D eigenvalue weighted by Crippen LogP contribution is 2.42. The van der Waals surface area contributed by atoms with E-state index in [-0.39, 0.29) is 11.3 Å². The summed E-state index contributed by atoms with van der Waals surface area (Å²) in [5.74, 6) is 0.752. The summed E-state index contributed by atoms with van der Waals surface area (Å²) in [5.41, 5.74) is 1.65. The van der Waals surface area contributed by atoms with Gasteiger partial charge in [0, 0.05) is 48.9 Å². The van der Waals surface area contributed by atoms with Crippen LogP contribution in [0, 0.1) is 5.82 Å². The maximum absolute atomic E-state index is 13.8. The zero-order chi connectivity index (χ0) is 21.5. The zero-order valence-corrected chi connectivity index (χ0v) is 18.1. The van der Waals surface area contributed by atoms with Gasteiger partial charge in [-0.15, -0.1) is 0 Å². The zero-order valence-electron chi connectivity index (χ0n) is 17.3. The lowest BCUT2D eigenvalue weighted by Gasteiger charge is -2.42. The van der Waals surface area contributed by atoms with E-state index in [1.165, 1.54) is 18.2 Å². The van der Waals surface area contributed by atoms with Crippen molar-refractivity contribution in [1.82, 2.24) is 10.1 Å². The maximum Gasteiger partial charge on any atom is 0.172 e. The number of anilines is 1. The van der Waals surface area contributed by atoms with Crippen LogP contribution in [0.1, 0.15) is 20.8 Å². The second kappa shape index (κ2) is 7.93. The minimum atomic E-state index is -0.441. The second-order valence-electron chi connectivity index (χ2n) is 8.52. The van der Waals surface area contributed by atoms with E-state index in [4.69, 9.17) is 16.1 Å². The fourth-order valence-corrected chi connectivity index (χ4v) is 4.13. The molecule has 158 valence electrons. The fraction of sp³-hybridized carbons (Fsp3) is 0.348. The lowest BCUT2D eigenvalue weighted by molar-refractivity contribution is 0.128. The topological polar surface area (TPSA) is 52.7 Å². The number of halogens is 2. The van der Waals surface area contributed by atoms with Gasteiger partial charge in [-0.3, -0.25) is 4.90 Å². The number of nitrogens with zero attached hydrogens (tertiary/aromatic N) is 3. The quantitative estimate of drug-likeness (QED) is 0.601. The first-order valence-electron chi connectivity index (χ1n) is 9.98. The van der Waals surface area contributed by atoms with Crippen LogP contribution in [0.4, 0.5) is 10.2 Å². The monoisotopic (exact) mass is 429 g/mol. The highest BCUT2D eigenvalue weighted by atomic mass is 35.5. The lowest BCUT2D eigenvalue weighted by Crippen LogP contribution is -2.53. The molecule has 0 spiro atoms. The molecule has 1 aromatic heterocycles. The highest BCUT2D eigenvalue weighted by molar-refractivity contribution is 6.34. The number of rotatable bonds is 3. The summed E-state index contributed by atoms with van der Waals surface area (Å²) in [4.78, 5) is 4.63. The van der Waals surface area contributed by atoms with Gasteiger partial charge in [-0.2, -0.15) is 0 Å². The maximum atomic E-state index is 13.8. The van der Waals surface area contributed by atoms with E-state index in [0.717, 1.165) is 32.0 Å². The molecule has 1 fully saturated rings. The molecule has 0 atom stereocenters. The molecule has 2 aromatic carbocycles. The van der Waals surface area contributed by atoms with E-state index in [2.05, 4.69) is 35.7 Å². The molecule has 1 saturated heterocycles. The molecule has 0 bridgehead atoms. The summed E-state index contributed by atoms with van der Waals surface area (Å²) in [6.45, 7) is 10.2. The van der Waals surface area contributed by atoms with Crippen LogP contribution in [0.5, 0.6) is 5.75 Å². The Labute approximate surface area is 180 Å². The van der Waals surface area contributed by atoms with Crippen LogP contribution in [-0.4, -0.2) is 46.9 Å². The van der Waals surface area contributed by atoms with Gasteiger partial charge in [-0.25, -0.2) is 4.39 Å². The summed E-state index contributed by atoms with van der Waals surface area (Å²) in [6.07, 6.45) is 0. The Hall–Kier alpha value is -2.57. The number of aromatic nitrogens is 1. The van der Waals surface area contributed by atoms with Crippen molar-refractivity contribution in [2.75, 3.05) is 31.1 Å². The first-order chi connectivity index (χ1) is 14.2. The molecule has 7 heteroatoms. The van der Waals surface area contributed by atoms with Crippen molar-refractivity contribution in [2.24, 2.45) is 0 Å². The molecule has 0 unspecified atom stereocenters. The van der Waals surface area contributed by atoms with Crippen LogP contribution in [0.2, 0.25) is 5.02 Å². The predicted molar refractivity (Wildman–Crippen MR) is 118 cm³/mol. The molecule has 1 N–H and O–H groups in total. The van der Waals surface area contributed by atoms with Gasteiger partial charge < -0.3 is 14.5 Å². The molecule has 5 nitrogen and oxygen atoms in total. The smallest absolute Gasteiger partial charge is 0.172 e. The van der Waals surface area contributed by atoms with Gasteiger partial charge in [-0.1, -0.05) is 28.9 Å². The molecule has 0 aliphatic carbocycles. The minimum absolute atomic E-state index is 0.0297. The molecule has 3 aromatic rings. The summed E-state index contributed by atoms with van der Waals surface area (Å²) in [5, 5.41) is 15.0. The first-order valence-corrected chi connectivity index (χ1v) is 10.4. The third-order valence-electron chi connectivity index (χ3n) is 5.56. The Morgan fingerprint density at radius 3 is 2.47 bits per heavy atom. The number of benzene rings is 2. The van der Waals surface area contributed by atoms with Crippen LogP contribution in [-0.2, 0) is 0 Å². The SMILES string of the molecule is CC(C)(C)N1CCN(c2cc(-c3c(Cl)cccc3-c3cc(F)ccc3O)on2)CC1. The highest BCUT2D eigenvalue weighted by Gasteiger charge is 2.27. The minimum Gasteiger partial charge on any atom is -0.507 e. The Morgan fingerprint density at radius 2 is 1.77 bits per heavy atom. The number of hydrogen-bond donors (Lipinski definition) is 1. The molecule has 1 aliphatic heterocycles. The molecule has 2 heterocycles. The Morgan fingerprint density at radius 1 is 1.03 bits per heavy atom. The average Bonchev–Trinajstić information content (AvgIpc) is 3.19. The van der Waals surface area contributed by atoms with Crippen molar-refractivity contribution in [1.29, 1.82) is 0 Å². The normalized spacial score (nSPS) is 15.6. The summed E-state index contributed by atoms with van der Waals surface area (Å²) in [7, 11) is 0. The van der Waals surface area contributed by atoms with Gasteiger partial charge in [0.2, 0.25) is 0 Å². The molecule has 0 amide bonds. The van der Waals surface area contributed by atoms with Crippen molar-refractivity contribution >= 4 is 17.4 Å². The summed E-state index contributed by atoms with van der Waals surface area (Å²) < 4.78 is 19.5. The first kappa shape index (κ1) is 20.7. The van der Waals surface area contributed by atoms with E-state index in [1.807, 2.05) is 6.07 Å². The van der Waals surface area contributed by atoms with E-state index < -0.39 is 5.82 Å². The Balaban J connectivity index is 1.66. The number of hydrogen-bond acceptors (Lipinski definition) is 5.